The van der Waals surface area contributed by atoms with Gasteiger partial charge in [-0.1, -0.05) is 34.1 Å². The molecule has 0 aliphatic carbocycles. The van der Waals surface area contributed by atoms with Crippen molar-refractivity contribution < 1.29 is 9.59 Å². The Morgan fingerprint density at radius 1 is 1.50 bits per heavy atom. The molecule has 0 aliphatic rings. The molecular weight excluding hydrogens is 244 g/mol. The van der Waals surface area contributed by atoms with E-state index in [-0.39, 0.29) is 5.78 Å². The van der Waals surface area contributed by atoms with E-state index in [0.717, 1.165) is 11.8 Å². The molecule has 0 bridgehead atoms. The highest BCUT2D eigenvalue weighted by Gasteiger charge is 2.10. The van der Waals surface area contributed by atoms with Crippen molar-refractivity contribution in [3.63, 3.8) is 0 Å². The largest absolute Gasteiger partial charge is 0.298 e. The summed E-state index contributed by atoms with van der Waals surface area (Å²) in [7, 11) is 0. The maximum Gasteiger partial charge on any atom is 0.163 e. The van der Waals surface area contributed by atoms with Crippen LogP contribution < -0.4 is 0 Å². The molecule has 0 radical (unpaired) electrons. The van der Waals surface area contributed by atoms with Crippen molar-refractivity contribution in [2.75, 3.05) is 5.33 Å². The lowest BCUT2D eigenvalue weighted by molar-refractivity contribution is 0.0989. The highest BCUT2D eigenvalue weighted by atomic mass is 79.9. The molecule has 0 amide bonds. The van der Waals surface area contributed by atoms with Gasteiger partial charge in [-0.2, -0.15) is 0 Å². The number of halogens is 1. The lowest BCUT2D eigenvalue weighted by atomic mass is 9.99. The summed E-state index contributed by atoms with van der Waals surface area (Å²) in [5, 5.41) is 0.649. The van der Waals surface area contributed by atoms with Gasteiger partial charge in [0.2, 0.25) is 0 Å². The molecule has 1 rings (SSSR count). The SMILES string of the molecule is Cc1c(C=O)cccc1C(=O)CCBr. The summed E-state index contributed by atoms with van der Waals surface area (Å²) in [6.45, 7) is 1.80. The normalized spacial score (nSPS) is 9.86. The van der Waals surface area contributed by atoms with E-state index in [2.05, 4.69) is 15.9 Å². The van der Waals surface area contributed by atoms with Crippen LogP contribution in [0.3, 0.4) is 0 Å². The summed E-state index contributed by atoms with van der Waals surface area (Å²) in [6.07, 6.45) is 1.24. The van der Waals surface area contributed by atoms with Gasteiger partial charge < -0.3 is 0 Å². The van der Waals surface area contributed by atoms with Crippen LogP contribution in [0, 0.1) is 6.92 Å². The van der Waals surface area contributed by atoms with Crippen molar-refractivity contribution in [3.8, 4) is 0 Å². The van der Waals surface area contributed by atoms with Crippen molar-refractivity contribution in [2.45, 2.75) is 13.3 Å². The molecule has 0 saturated heterocycles. The minimum Gasteiger partial charge on any atom is -0.298 e. The molecule has 0 fully saturated rings. The number of rotatable bonds is 4. The Kier molecular flexibility index (Phi) is 4.01. The Morgan fingerprint density at radius 2 is 2.21 bits per heavy atom. The van der Waals surface area contributed by atoms with E-state index in [0.29, 0.717) is 22.9 Å². The smallest absolute Gasteiger partial charge is 0.163 e. The summed E-state index contributed by atoms with van der Waals surface area (Å²) in [4.78, 5) is 22.2. The first-order valence-corrected chi connectivity index (χ1v) is 5.46. The number of Topliss-reactive ketones (excluding diaryl/α,β-unsaturated/α-hetero) is 1. The van der Waals surface area contributed by atoms with E-state index in [1.54, 1.807) is 25.1 Å². The highest BCUT2D eigenvalue weighted by molar-refractivity contribution is 9.09. The molecule has 0 unspecified atom stereocenters. The number of carbonyl (C=O) groups is 2. The Labute approximate surface area is 91.4 Å². The van der Waals surface area contributed by atoms with Gasteiger partial charge in [0.15, 0.2) is 5.78 Å². The minimum absolute atomic E-state index is 0.0723. The zero-order valence-electron chi connectivity index (χ0n) is 7.92. The summed E-state index contributed by atoms with van der Waals surface area (Å²) in [5.41, 5.74) is 2.01. The molecule has 14 heavy (non-hydrogen) atoms. The number of hydrogen-bond acceptors (Lipinski definition) is 2. The van der Waals surface area contributed by atoms with Crippen molar-refractivity contribution in [1.29, 1.82) is 0 Å². The predicted molar refractivity (Wildman–Crippen MR) is 59.3 cm³/mol. The number of aldehydes is 1. The second kappa shape index (κ2) is 5.05. The second-order valence-electron chi connectivity index (χ2n) is 3.00. The molecule has 0 aliphatic heterocycles. The van der Waals surface area contributed by atoms with E-state index >= 15 is 0 Å². The van der Waals surface area contributed by atoms with E-state index in [4.69, 9.17) is 0 Å². The predicted octanol–water partition coefficient (Wildman–Crippen LogP) is 2.78. The van der Waals surface area contributed by atoms with Crippen LogP contribution in [0.5, 0.6) is 0 Å². The van der Waals surface area contributed by atoms with Crippen molar-refractivity contribution in [1.82, 2.24) is 0 Å². The number of hydrogen-bond donors (Lipinski definition) is 0. The third-order valence-corrected chi connectivity index (χ3v) is 2.52. The monoisotopic (exact) mass is 254 g/mol. The van der Waals surface area contributed by atoms with Crippen molar-refractivity contribution in [3.05, 3.63) is 34.9 Å². The standard InChI is InChI=1S/C11H11BrO2/c1-8-9(7-13)3-2-4-10(8)11(14)5-6-12/h2-4,7H,5-6H2,1H3. The molecule has 2 nitrogen and oxygen atoms in total. The van der Waals surface area contributed by atoms with Gasteiger partial charge in [0, 0.05) is 22.9 Å². The Hall–Kier alpha value is -0.960. The van der Waals surface area contributed by atoms with Gasteiger partial charge in [0.25, 0.3) is 0 Å². The quantitative estimate of drug-likeness (QED) is 0.471. The molecule has 0 N–H and O–H groups in total. The number of alkyl halides is 1. The lowest BCUT2D eigenvalue weighted by Gasteiger charge is -2.05. The third-order valence-electron chi connectivity index (χ3n) is 2.12. The van der Waals surface area contributed by atoms with Crippen LogP contribution in [-0.4, -0.2) is 17.4 Å². The molecule has 1 aromatic rings. The van der Waals surface area contributed by atoms with Crippen molar-refractivity contribution in [2.24, 2.45) is 0 Å². The van der Waals surface area contributed by atoms with E-state index < -0.39 is 0 Å². The Balaban J connectivity index is 3.09. The van der Waals surface area contributed by atoms with Crippen LogP contribution >= 0.6 is 15.9 Å². The maximum absolute atomic E-state index is 11.6. The summed E-state index contributed by atoms with van der Waals surface area (Å²) < 4.78 is 0. The zero-order valence-corrected chi connectivity index (χ0v) is 9.50. The van der Waals surface area contributed by atoms with Gasteiger partial charge >= 0.3 is 0 Å². The first-order valence-electron chi connectivity index (χ1n) is 4.34. The van der Waals surface area contributed by atoms with E-state index in [9.17, 15) is 9.59 Å². The average Bonchev–Trinajstić information content (AvgIpc) is 2.18. The van der Waals surface area contributed by atoms with Crippen LogP contribution in [0.25, 0.3) is 0 Å². The van der Waals surface area contributed by atoms with E-state index in [1.165, 1.54) is 0 Å². The fourth-order valence-electron chi connectivity index (χ4n) is 1.30. The first-order chi connectivity index (χ1) is 6.70. The fourth-order valence-corrected chi connectivity index (χ4v) is 1.66. The van der Waals surface area contributed by atoms with Gasteiger partial charge in [0.05, 0.1) is 0 Å². The first kappa shape index (κ1) is 11.1. The molecule has 0 spiro atoms. The molecule has 0 aromatic heterocycles. The van der Waals surface area contributed by atoms with Crippen LogP contribution in [0.1, 0.15) is 32.7 Å². The van der Waals surface area contributed by atoms with Crippen LogP contribution in [-0.2, 0) is 0 Å². The zero-order chi connectivity index (χ0) is 10.6. The molecule has 0 saturated carbocycles. The second-order valence-corrected chi connectivity index (χ2v) is 3.79. The molecule has 0 heterocycles. The molecule has 3 heteroatoms. The van der Waals surface area contributed by atoms with Gasteiger partial charge in [-0.25, -0.2) is 0 Å². The summed E-state index contributed by atoms with van der Waals surface area (Å²) >= 11 is 3.22. The Bertz CT molecular complexity index is 358. The highest BCUT2D eigenvalue weighted by Crippen LogP contribution is 2.14. The van der Waals surface area contributed by atoms with Crippen molar-refractivity contribution >= 4 is 28.0 Å². The number of ketones is 1. The maximum atomic E-state index is 11.6. The number of benzene rings is 1. The van der Waals surface area contributed by atoms with E-state index in [1.807, 2.05) is 0 Å². The fraction of sp³-hybridized carbons (Fsp3) is 0.273. The minimum atomic E-state index is 0.0723. The lowest BCUT2D eigenvalue weighted by Crippen LogP contribution is -2.04. The number of carbonyl (C=O) groups excluding carboxylic acids is 2. The molecule has 74 valence electrons. The van der Waals surface area contributed by atoms with Gasteiger partial charge in [-0.15, -0.1) is 0 Å². The molecule has 1 aromatic carbocycles. The topological polar surface area (TPSA) is 34.1 Å². The summed E-state index contributed by atoms with van der Waals surface area (Å²) in [6, 6.07) is 5.21. The van der Waals surface area contributed by atoms with Gasteiger partial charge in [0.1, 0.15) is 6.29 Å². The van der Waals surface area contributed by atoms with Crippen LogP contribution in [0.2, 0.25) is 0 Å². The molecule has 0 atom stereocenters. The third kappa shape index (κ3) is 2.29. The van der Waals surface area contributed by atoms with Gasteiger partial charge in [-0.05, 0) is 12.5 Å². The molecular formula is C11H11BrO2. The van der Waals surface area contributed by atoms with Gasteiger partial charge in [-0.3, -0.25) is 9.59 Å². The summed E-state index contributed by atoms with van der Waals surface area (Å²) in [5.74, 6) is 0.0723. The van der Waals surface area contributed by atoms with Crippen LogP contribution in [0.15, 0.2) is 18.2 Å². The average molecular weight is 255 g/mol. The van der Waals surface area contributed by atoms with Crippen LogP contribution in [0.4, 0.5) is 0 Å². The Morgan fingerprint density at radius 3 is 2.79 bits per heavy atom.